The van der Waals surface area contributed by atoms with E-state index in [0.29, 0.717) is 5.02 Å². The topological polar surface area (TPSA) is 44.4 Å². The molecule has 2 N–H and O–H groups in total. The Kier molecular flexibility index (Phi) is 5.12. The van der Waals surface area contributed by atoms with E-state index in [1.54, 1.807) is 0 Å². The van der Waals surface area contributed by atoms with Crippen molar-refractivity contribution in [2.75, 3.05) is 37.4 Å². The number of amides is 1. The summed E-state index contributed by atoms with van der Waals surface area (Å²) in [5.41, 5.74) is 1.42. The number of rotatable bonds is 4. The fraction of sp³-hybridized carbons (Fsp3) is 0.562. The second-order valence-electron chi connectivity index (χ2n) is 5.92. The van der Waals surface area contributed by atoms with Crippen LogP contribution in [-0.4, -0.2) is 33.1 Å². The summed E-state index contributed by atoms with van der Waals surface area (Å²) >= 11 is 6.08. The van der Waals surface area contributed by atoms with Gasteiger partial charge in [-0.25, -0.2) is 0 Å². The van der Waals surface area contributed by atoms with Gasteiger partial charge in [-0.1, -0.05) is 18.5 Å². The lowest BCUT2D eigenvalue weighted by Crippen LogP contribution is -2.47. The lowest BCUT2D eigenvalue weighted by molar-refractivity contribution is -0.126. The van der Waals surface area contributed by atoms with Crippen molar-refractivity contribution in [2.24, 2.45) is 5.41 Å². The minimum Gasteiger partial charge on any atom is -0.376 e. The van der Waals surface area contributed by atoms with E-state index in [0.717, 1.165) is 43.7 Å². The van der Waals surface area contributed by atoms with Crippen LogP contribution in [0.5, 0.6) is 0 Å². The second kappa shape index (κ2) is 6.67. The van der Waals surface area contributed by atoms with Gasteiger partial charge in [0.15, 0.2) is 0 Å². The van der Waals surface area contributed by atoms with Crippen LogP contribution < -0.4 is 15.5 Å². The maximum atomic E-state index is 12.8. The first-order valence-corrected chi connectivity index (χ1v) is 7.85. The van der Waals surface area contributed by atoms with Crippen LogP contribution in [-0.2, 0) is 4.79 Å². The maximum Gasteiger partial charge on any atom is 0.231 e. The number of nitrogens with one attached hydrogen (secondary N) is 2. The van der Waals surface area contributed by atoms with E-state index >= 15 is 0 Å². The number of nitrogens with zero attached hydrogens (tertiary/aromatic N) is 1. The quantitative estimate of drug-likeness (QED) is 0.898. The van der Waals surface area contributed by atoms with Gasteiger partial charge in [-0.15, -0.1) is 0 Å². The summed E-state index contributed by atoms with van der Waals surface area (Å²) in [4.78, 5) is 14.8. The van der Waals surface area contributed by atoms with E-state index in [1.807, 2.05) is 37.2 Å². The first kappa shape index (κ1) is 16.1. The average Bonchev–Trinajstić information content (AvgIpc) is 2.47. The molecule has 1 aromatic rings. The van der Waals surface area contributed by atoms with Gasteiger partial charge in [-0.05, 0) is 44.0 Å². The molecule has 0 radical (unpaired) electrons. The first-order valence-electron chi connectivity index (χ1n) is 7.47. The fourth-order valence-electron chi connectivity index (χ4n) is 2.88. The molecule has 2 rings (SSSR count). The Morgan fingerprint density at radius 2 is 2.24 bits per heavy atom. The summed E-state index contributed by atoms with van der Waals surface area (Å²) in [6.07, 6.45) is 2.81. The van der Waals surface area contributed by atoms with Gasteiger partial charge in [0.25, 0.3) is 0 Å². The van der Waals surface area contributed by atoms with E-state index in [1.165, 1.54) is 0 Å². The molecule has 0 spiro atoms. The van der Waals surface area contributed by atoms with Crippen molar-refractivity contribution in [1.29, 1.82) is 0 Å². The standard InChI is InChI=1S/C16H24ClN3O/c1-4-16(8-5-9-18-11-16)15(21)19-13-10-12(17)6-7-14(13)20(2)3/h6-7,10,18H,4-5,8-9,11H2,1-3H3,(H,19,21). The number of benzene rings is 1. The third-order valence-corrected chi connectivity index (χ3v) is 4.55. The van der Waals surface area contributed by atoms with Gasteiger partial charge in [-0.3, -0.25) is 4.79 Å². The predicted molar refractivity (Wildman–Crippen MR) is 89.2 cm³/mol. The largest absolute Gasteiger partial charge is 0.376 e. The Morgan fingerprint density at radius 1 is 1.48 bits per heavy atom. The zero-order valence-electron chi connectivity index (χ0n) is 13.0. The van der Waals surface area contributed by atoms with E-state index in [4.69, 9.17) is 11.6 Å². The molecule has 5 heteroatoms. The Balaban J connectivity index is 2.24. The maximum absolute atomic E-state index is 12.8. The molecule has 1 unspecified atom stereocenters. The molecule has 1 aliphatic rings. The van der Waals surface area contributed by atoms with Crippen LogP contribution in [0, 0.1) is 5.41 Å². The molecule has 0 aromatic heterocycles. The Hall–Kier alpha value is -1.26. The summed E-state index contributed by atoms with van der Waals surface area (Å²) in [6.45, 7) is 3.82. The molecule has 0 saturated carbocycles. The van der Waals surface area contributed by atoms with Gasteiger partial charge < -0.3 is 15.5 Å². The van der Waals surface area contributed by atoms with E-state index in [9.17, 15) is 4.79 Å². The molecular weight excluding hydrogens is 286 g/mol. The van der Waals surface area contributed by atoms with Gasteiger partial charge in [-0.2, -0.15) is 0 Å². The lowest BCUT2D eigenvalue weighted by Gasteiger charge is -2.35. The van der Waals surface area contributed by atoms with Crippen LogP contribution in [0.4, 0.5) is 11.4 Å². The van der Waals surface area contributed by atoms with Crippen LogP contribution in [0.25, 0.3) is 0 Å². The molecule has 116 valence electrons. The number of carbonyl (C=O) groups excluding carboxylic acids is 1. The molecule has 1 aliphatic heterocycles. The molecule has 1 atom stereocenters. The van der Waals surface area contributed by atoms with Crippen molar-refractivity contribution in [1.82, 2.24) is 5.32 Å². The highest BCUT2D eigenvalue weighted by Gasteiger charge is 2.38. The second-order valence-corrected chi connectivity index (χ2v) is 6.36. The molecule has 1 saturated heterocycles. The van der Waals surface area contributed by atoms with Gasteiger partial charge in [0.1, 0.15) is 0 Å². The molecule has 0 aliphatic carbocycles. The van der Waals surface area contributed by atoms with E-state index in [2.05, 4.69) is 17.6 Å². The van der Waals surface area contributed by atoms with Crippen LogP contribution in [0.15, 0.2) is 18.2 Å². The predicted octanol–water partition coefficient (Wildman–Crippen LogP) is 3.12. The Bertz CT molecular complexity index is 510. The number of hydrogen-bond donors (Lipinski definition) is 2. The lowest BCUT2D eigenvalue weighted by atomic mass is 9.77. The van der Waals surface area contributed by atoms with Crippen molar-refractivity contribution in [3.8, 4) is 0 Å². The van der Waals surface area contributed by atoms with Gasteiger partial charge in [0.2, 0.25) is 5.91 Å². The summed E-state index contributed by atoms with van der Waals surface area (Å²) in [5.74, 6) is 0.0857. The Morgan fingerprint density at radius 3 is 2.81 bits per heavy atom. The minimum absolute atomic E-state index is 0.0857. The molecule has 1 heterocycles. The Labute approximate surface area is 131 Å². The van der Waals surface area contributed by atoms with Crippen molar-refractivity contribution >= 4 is 28.9 Å². The van der Waals surface area contributed by atoms with Gasteiger partial charge >= 0.3 is 0 Å². The zero-order valence-corrected chi connectivity index (χ0v) is 13.8. The van der Waals surface area contributed by atoms with E-state index in [-0.39, 0.29) is 11.3 Å². The summed E-state index contributed by atoms with van der Waals surface area (Å²) < 4.78 is 0. The van der Waals surface area contributed by atoms with Crippen LogP contribution in [0.3, 0.4) is 0 Å². The number of halogens is 1. The van der Waals surface area contributed by atoms with E-state index < -0.39 is 0 Å². The number of hydrogen-bond acceptors (Lipinski definition) is 3. The van der Waals surface area contributed by atoms with Gasteiger partial charge in [0, 0.05) is 25.7 Å². The van der Waals surface area contributed by atoms with Crippen molar-refractivity contribution < 1.29 is 4.79 Å². The van der Waals surface area contributed by atoms with Crippen LogP contribution in [0.2, 0.25) is 5.02 Å². The SMILES string of the molecule is CCC1(C(=O)Nc2cc(Cl)ccc2N(C)C)CCCNC1. The smallest absolute Gasteiger partial charge is 0.231 e. The highest BCUT2D eigenvalue weighted by atomic mass is 35.5. The van der Waals surface area contributed by atoms with Crippen molar-refractivity contribution in [3.63, 3.8) is 0 Å². The summed E-state index contributed by atoms with van der Waals surface area (Å²) in [6, 6.07) is 5.58. The monoisotopic (exact) mass is 309 g/mol. The molecule has 0 bridgehead atoms. The third-order valence-electron chi connectivity index (χ3n) is 4.32. The highest BCUT2D eigenvalue weighted by Crippen LogP contribution is 2.34. The number of piperidine rings is 1. The zero-order chi connectivity index (χ0) is 15.5. The fourth-order valence-corrected chi connectivity index (χ4v) is 3.05. The van der Waals surface area contributed by atoms with Crippen molar-refractivity contribution in [3.05, 3.63) is 23.2 Å². The van der Waals surface area contributed by atoms with Crippen LogP contribution in [0.1, 0.15) is 26.2 Å². The number of carbonyl (C=O) groups is 1. The normalized spacial score (nSPS) is 21.9. The first-order chi connectivity index (χ1) is 9.98. The molecule has 1 amide bonds. The average molecular weight is 310 g/mol. The molecule has 1 aromatic carbocycles. The molecular formula is C16H24ClN3O. The minimum atomic E-state index is -0.315. The summed E-state index contributed by atoms with van der Waals surface area (Å²) in [7, 11) is 3.91. The summed E-state index contributed by atoms with van der Waals surface area (Å²) in [5, 5.41) is 7.06. The molecule has 21 heavy (non-hydrogen) atoms. The van der Waals surface area contributed by atoms with Crippen molar-refractivity contribution in [2.45, 2.75) is 26.2 Å². The molecule has 1 fully saturated rings. The third kappa shape index (κ3) is 3.50. The molecule has 4 nitrogen and oxygen atoms in total. The van der Waals surface area contributed by atoms with Crippen LogP contribution >= 0.6 is 11.6 Å². The van der Waals surface area contributed by atoms with Gasteiger partial charge in [0.05, 0.1) is 16.8 Å². The number of anilines is 2. The highest BCUT2D eigenvalue weighted by molar-refractivity contribution is 6.31.